The van der Waals surface area contributed by atoms with Crippen molar-refractivity contribution in [1.82, 2.24) is 0 Å². The Morgan fingerprint density at radius 2 is 0.833 bits per heavy atom. The molecule has 0 nitrogen and oxygen atoms in total. The molecule has 0 fully saturated rings. The van der Waals surface area contributed by atoms with Gasteiger partial charge in [-0.3, -0.25) is 0 Å². The quantitative estimate of drug-likeness (QED) is 0.510. The van der Waals surface area contributed by atoms with Crippen molar-refractivity contribution in [2.75, 3.05) is 0 Å². The third-order valence-corrected chi connectivity index (χ3v) is 0.401. The van der Waals surface area contributed by atoms with Gasteiger partial charge in [0.05, 0.1) is 0 Å². The van der Waals surface area contributed by atoms with Crippen LogP contribution < -0.4 is 0 Å². The summed E-state index contributed by atoms with van der Waals surface area (Å²) in [6.07, 6.45) is -2.19. The van der Waals surface area contributed by atoms with Crippen LogP contribution in [0.5, 0.6) is 0 Å². The molecule has 0 radical (unpaired) electrons. The van der Waals surface area contributed by atoms with Gasteiger partial charge in [-0.25, -0.2) is 0 Å². The Bertz CT molecular complexity index is 55.3. The highest BCUT2D eigenvalue weighted by molar-refractivity contribution is 4.39. The lowest BCUT2D eigenvalue weighted by Gasteiger charge is -1.96. The second kappa shape index (κ2) is 13.4. The zero-order chi connectivity index (χ0) is 10.6. The van der Waals surface area contributed by atoms with Gasteiger partial charge in [0, 0.05) is 6.42 Å². The lowest BCUT2D eigenvalue weighted by atomic mass is 10.5. The number of halogens is 3. The summed E-state index contributed by atoms with van der Waals surface area (Å²) >= 11 is 0. The van der Waals surface area contributed by atoms with E-state index in [1.807, 2.05) is 0 Å². The Balaban J connectivity index is -0.000000115. The lowest BCUT2D eigenvalue weighted by molar-refractivity contribution is -0.130. The lowest BCUT2D eigenvalue weighted by Crippen LogP contribution is -2.02. The smallest absolute Gasteiger partial charge is 0.171 e. The molecule has 0 aliphatic carbocycles. The monoisotopic (exact) mass is 186 g/mol. The van der Waals surface area contributed by atoms with Crippen molar-refractivity contribution in [3.8, 4) is 0 Å². The summed E-state index contributed by atoms with van der Waals surface area (Å²) in [4.78, 5) is 0. The Morgan fingerprint density at radius 1 is 0.750 bits per heavy atom. The number of hydrogen-bond donors (Lipinski definition) is 0. The van der Waals surface area contributed by atoms with E-state index in [2.05, 4.69) is 27.7 Å². The van der Waals surface area contributed by atoms with E-state index in [-0.39, 0.29) is 0 Å². The maximum atomic E-state index is 10.8. The van der Waals surface area contributed by atoms with Crippen molar-refractivity contribution in [2.45, 2.75) is 60.1 Å². The van der Waals surface area contributed by atoms with E-state index < -0.39 is 12.6 Å². The minimum Gasteiger partial charge on any atom is -0.171 e. The highest BCUT2D eigenvalue weighted by Gasteiger charge is 2.22. The van der Waals surface area contributed by atoms with Crippen molar-refractivity contribution in [2.24, 2.45) is 0 Å². The van der Waals surface area contributed by atoms with Gasteiger partial charge in [0.1, 0.15) is 0 Å². The predicted octanol–water partition coefficient (Wildman–Crippen LogP) is 4.79. The van der Waals surface area contributed by atoms with E-state index in [0.717, 1.165) is 6.92 Å². The van der Waals surface area contributed by atoms with Gasteiger partial charge in [-0.1, -0.05) is 47.5 Å². The first-order valence-electron chi connectivity index (χ1n) is 4.46. The van der Waals surface area contributed by atoms with Gasteiger partial charge >= 0.3 is 6.18 Å². The molecule has 0 bridgehead atoms. The molecule has 3 heteroatoms. The van der Waals surface area contributed by atoms with E-state index in [1.54, 1.807) is 0 Å². The molecule has 0 rings (SSSR count). The number of hydrogen-bond acceptors (Lipinski definition) is 0. The number of rotatable bonds is 0. The first-order chi connectivity index (χ1) is 5.39. The van der Waals surface area contributed by atoms with Gasteiger partial charge in [0.25, 0.3) is 0 Å². The second-order valence-electron chi connectivity index (χ2n) is 2.38. The molecule has 0 atom stereocenters. The van der Waals surface area contributed by atoms with E-state index >= 15 is 0 Å². The molecule has 0 aliphatic rings. The highest BCUT2D eigenvalue weighted by atomic mass is 19.4. The predicted molar refractivity (Wildman–Crippen MR) is 48.3 cm³/mol. The fraction of sp³-hybridized carbons (Fsp3) is 1.00. The summed E-state index contributed by atoms with van der Waals surface area (Å²) < 4.78 is 32.4. The molecule has 0 heterocycles. The molecule has 0 N–H and O–H groups in total. The van der Waals surface area contributed by atoms with Crippen LogP contribution in [0.1, 0.15) is 53.9 Å². The van der Waals surface area contributed by atoms with Crippen LogP contribution >= 0.6 is 0 Å². The molecule has 0 saturated heterocycles. The summed E-state index contributed by atoms with van der Waals surface area (Å²) in [6, 6.07) is 0. The van der Waals surface area contributed by atoms with Gasteiger partial charge in [-0.05, 0) is 0 Å². The molecule has 12 heavy (non-hydrogen) atoms. The van der Waals surface area contributed by atoms with Gasteiger partial charge < -0.3 is 0 Å². The summed E-state index contributed by atoms with van der Waals surface area (Å²) in [5.41, 5.74) is 0. The van der Waals surface area contributed by atoms with Crippen LogP contribution in [-0.2, 0) is 0 Å². The van der Waals surface area contributed by atoms with Gasteiger partial charge in [-0.2, -0.15) is 13.2 Å². The molecular formula is C9H21F3. The SMILES string of the molecule is CCC.CCC.CCC(F)(F)F. The Morgan fingerprint density at radius 3 is 0.833 bits per heavy atom. The van der Waals surface area contributed by atoms with Crippen LogP contribution in [0, 0.1) is 0 Å². The molecule has 0 aromatic heterocycles. The second-order valence-corrected chi connectivity index (χ2v) is 2.38. The zero-order valence-electron chi connectivity index (χ0n) is 8.76. The van der Waals surface area contributed by atoms with Gasteiger partial charge in [0.15, 0.2) is 0 Å². The number of alkyl halides is 3. The first-order valence-corrected chi connectivity index (χ1v) is 4.46. The van der Waals surface area contributed by atoms with Crippen LogP contribution in [0.25, 0.3) is 0 Å². The van der Waals surface area contributed by atoms with E-state index in [4.69, 9.17) is 0 Å². The van der Waals surface area contributed by atoms with Crippen molar-refractivity contribution in [3.63, 3.8) is 0 Å². The maximum Gasteiger partial charge on any atom is 0.388 e. The van der Waals surface area contributed by atoms with Gasteiger partial charge in [0.2, 0.25) is 0 Å². The summed E-state index contributed by atoms with van der Waals surface area (Å²) in [6.45, 7) is 9.58. The summed E-state index contributed by atoms with van der Waals surface area (Å²) in [5, 5.41) is 0. The van der Waals surface area contributed by atoms with Crippen LogP contribution in [0.2, 0.25) is 0 Å². The van der Waals surface area contributed by atoms with Crippen LogP contribution in [0.15, 0.2) is 0 Å². The van der Waals surface area contributed by atoms with Crippen molar-refractivity contribution in [1.29, 1.82) is 0 Å². The van der Waals surface area contributed by atoms with Crippen LogP contribution in [0.3, 0.4) is 0 Å². The topological polar surface area (TPSA) is 0 Å². The zero-order valence-corrected chi connectivity index (χ0v) is 8.76. The first kappa shape index (κ1) is 17.8. The van der Waals surface area contributed by atoms with Crippen LogP contribution in [-0.4, -0.2) is 6.18 Å². The van der Waals surface area contributed by atoms with Crippen molar-refractivity contribution < 1.29 is 13.2 Å². The molecule has 0 aromatic carbocycles. The fourth-order valence-electron chi connectivity index (χ4n) is 0. The minimum absolute atomic E-state index is 0.729. The van der Waals surface area contributed by atoms with Crippen molar-refractivity contribution >= 4 is 0 Å². The Labute approximate surface area is 74.2 Å². The van der Waals surface area contributed by atoms with E-state index in [9.17, 15) is 13.2 Å². The molecule has 0 aliphatic heterocycles. The average molecular weight is 186 g/mol. The largest absolute Gasteiger partial charge is 0.388 e. The molecule has 78 valence electrons. The summed E-state index contributed by atoms with van der Waals surface area (Å²) in [7, 11) is 0. The average Bonchev–Trinajstić information content (AvgIpc) is 1.90. The van der Waals surface area contributed by atoms with Crippen LogP contribution in [0.4, 0.5) is 13.2 Å². The maximum absolute atomic E-state index is 10.8. The van der Waals surface area contributed by atoms with Gasteiger partial charge in [-0.15, -0.1) is 0 Å². The Kier molecular flexibility index (Phi) is 19.8. The van der Waals surface area contributed by atoms with Crippen molar-refractivity contribution in [3.05, 3.63) is 0 Å². The molecule has 0 aromatic rings. The Hall–Kier alpha value is -0.210. The third-order valence-electron chi connectivity index (χ3n) is 0.401. The third kappa shape index (κ3) is 97.2. The fourth-order valence-corrected chi connectivity index (χ4v) is 0. The molecular weight excluding hydrogens is 165 g/mol. The van der Waals surface area contributed by atoms with E-state index in [1.165, 1.54) is 12.8 Å². The normalized spacial score (nSPS) is 9.00. The molecule has 0 saturated carbocycles. The van der Waals surface area contributed by atoms with E-state index in [0.29, 0.717) is 0 Å². The minimum atomic E-state index is -3.96. The molecule has 0 spiro atoms. The molecule has 0 amide bonds. The standard InChI is InChI=1S/C3H5F3.2C3H8/c1-2-3(4,5)6;2*1-3-2/h2H2,1H3;2*3H2,1-2H3. The molecule has 0 unspecified atom stereocenters. The summed E-state index contributed by atoms with van der Waals surface area (Å²) in [5.74, 6) is 0. The highest BCUT2D eigenvalue weighted by Crippen LogP contribution is 2.17.